The van der Waals surface area contributed by atoms with Gasteiger partial charge < -0.3 is 15.0 Å². The number of hydrogen-bond acceptors (Lipinski definition) is 3. The minimum Gasteiger partial charge on any atom is -0.495 e. The first-order chi connectivity index (χ1) is 11.1. The normalized spacial score (nSPS) is 10.7. The highest BCUT2D eigenvalue weighted by molar-refractivity contribution is 6.30. The SMILES string of the molecule is COc1ccc(Cl)cc1NCc1cc2cc(C)ccc2[nH]c1=O. The minimum atomic E-state index is -0.102. The van der Waals surface area contributed by atoms with E-state index in [2.05, 4.69) is 16.4 Å². The van der Waals surface area contributed by atoms with E-state index < -0.39 is 0 Å². The van der Waals surface area contributed by atoms with Crippen LogP contribution < -0.4 is 15.6 Å². The molecule has 23 heavy (non-hydrogen) atoms. The third-order valence-corrected chi connectivity index (χ3v) is 3.94. The van der Waals surface area contributed by atoms with Crippen LogP contribution in [0.3, 0.4) is 0 Å². The average molecular weight is 329 g/mol. The van der Waals surface area contributed by atoms with Gasteiger partial charge in [-0.3, -0.25) is 4.79 Å². The number of hydrogen-bond donors (Lipinski definition) is 2. The summed E-state index contributed by atoms with van der Waals surface area (Å²) in [6.45, 7) is 2.41. The number of nitrogens with one attached hydrogen (secondary N) is 2. The molecule has 4 nitrogen and oxygen atoms in total. The van der Waals surface area contributed by atoms with Crippen LogP contribution in [0.5, 0.6) is 5.75 Å². The second-order valence-electron chi connectivity index (χ2n) is 5.41. The van der Waals surface area contributed by atoms with Crippen LogP contribution in [0.1, 0.15) is 11.1 Å². The number of methoxy groups -OCH3 is 1. The van der Waals surface area contributed by atoms with Crippen molar-refractivity contribution >= 4 is 28.2 Å². The molecule has 2 N–H and O–H groups in total. The molecule has 0 amide bonds. The van der Waals surface area contributed by atoms with Crippen molar-refractivity contribution in [3.63, 3.8) is 0 Å². The van der Waals surface area contributed by atoms with Crippen molar-refractivity contribution < 1.29 is 4.74 Å². The van der Waals surface area contributed by atoms with Crippen molar-refractivity contribution in [3.05, 3.63) is 69.0 Å². The maximum Gasteiger partial charge on any atom is 0.253 e. The molecule has 0 aliphatic rings. The lowest BCUT2D eigenvalue weighted by atomic mass is 10.1. The first kappa shape index (κ1) is 15.4. The van der Waals surface area contributed by atoms with E-state index in [9.17, 15) is 4.79 Å². The molecule has 0 atom stereocenters. The highest BCUT2D eigenvalue weighted by Gasteiger charge is 2.07. The molecule has 0 bridgehead atoms. The molecule has 1 aromatic heterocycles. The molecule has 1 heterocycles. The fourth-order valence-electron chi connectivity index (χ4n) is 2.51. The van der Waals surface area contributed by atoms with Crippen LogP contribution in [0.4, 0.5) is 5.69 Å². The Hall–Kier alpha value is -2.46. The molecule has 0 saturated carbocycles. The summed E-state index contributed by atoms with van der Waals surface area (Å²) < 4.78 is 5.30. The molecule has 3 rings (SSSR count). The van der Waals surface area contributed by atoms with E-state index in [1.807, 2.05) is 25.1 Å². The Morgan fingerprint density at radius 2 is 2.00 bits per heavy atom. The summed E-state index contributed by atoms with van der Waals surface area (Å²) >= 11 is 6.02. The Morgan fingerprint density at radius 3 is 2.78 bits per heavy atom. The molecule has 0 saturated heterocycles. The summed E-state index contributed by atoms with van der Waals surface area (Å²) in [6.07, 6.45) is 0. The summed E-state index contributed by atoms with van der Waals surface area (Å²) in [7, 11) is 1.60. The fourth-order valence-corrected chi connectivity index (χ4v) is 2.68. The predicted molar refractivity (Wildman–Crippen MR) is 94.6 cm³/mol. The molecule has 118 valence electrons. The number of aromatic nitrogens is 1. The molecule has 0 aliphatic heterocycles. The quantitative estimate of drug-likeness (QED) is 0.757. The van der Waals surface area contributed by atoms with Gasteiger partial charge in [0.2, 0.25) is 0 Å². The predicted octanol–water partition coefficient (Wildman–Crippen LogP) is 4.11. The van der Waals surface area contributed by atoms with Crippen molar-refractivity contribution in [1.29, 1.82) is 0 Å². The number of ether oxygens (including phenoxy) is 1. The van der Waals surface area contributed by atoms with Gasteiger partial charge in [-0.2, -0.15) is 0 Å². The molecular weight excluding hydrogens is 312 g/mol. The molecule has 2 aromatic carbocycles. The number of rotatable bonds is 4. The lowest BCUT2D eigenvalue weighted by Crippen LogP contribution is -2.15. The molecule has 0 unspecified atom stereocenters. The Morgan fingerprint density at radius 1 is 1.17 bits per heavy atom. The van der Waals surface area contributed by atoms with Gasteiger partial charge in [0.15, 0.2) is 0 Å². The monoisotopic (exact) mass is 328 g/mol. The first-order valence-corrected chi connectivity index (χ1v) is 7.64. The number of fused-ring (bicyclic) bond motifs is 1. The van der Waals surface area contributed by atoms with Gasteiger partial charge >= 0.3 is 0 Å². The Balaban J connectivity index is 1.91. The van der Waals surface area contributed by atoms with Crippen molar-refractivity contribution in [1.82, 2.24) is 4.98 Å². The second-order valence-corrected chi connectivity index (χ2v) is 5.85. The van der Waals surface area contributed by atoms with Gasteiger partial charge in [-0.25, -0.2) is 0 Å². The maximum atomic E-state index is 12.2. The third kappa shape index (κ3) is 3.32. The van der Waals surface area contributed by atoms with E-state index in [-0.39, 0.29) is 5.56 Å². The van der Waals surface area contributed by atoms with E-state index in [0.29, 0.717) is 22.9 Å². The van der Waals surface area contributed by atoms with Gasteiger partial charge in [0.1, 0.15) is 5.75 Å². The molecular formula is C18H17ClN2O2. The van der Waals surface area contributed by atoms with Gasteiger partial charge in [0.25, 0.3) is 5.56 Å². The molecule has 0 fully saturated rings. The molecule has 3 aromatic rings. The summed E-state index contributed by atoms with van der Waals surface area (Å²) in [5.74, 6) is 0.683. The Kier molecular flexibility index (Phi) is 4.26. The number of aryl methyl sites for hydroxylation is 1. The van der Waals surface area contributed by atoms with Gasteiger partial charge in [-0.1, -0.05) is 23.2 Å². The van der Waals surface area contributed by atoms with Crippen molar-refractivity contribution in [2.75, 3.05) is 12.4 Å². The maximum absolute atomic E-state index is 12.2. The fraction of sp³-hybridized carbons (Fsp3) is 0.167. The standard InChI is InChI=1S/C18H17ClN2O2/c1-11-3-5-15-12(7-11)8-13(18(22)21-15)10-20-16-9-14(19)4-6-17(16)23-2/h3-9,20H,10H2,1-2H3,(H,21,22). The van der Waals surface area contributed by atoms with Crippen LogP contribution in [0.25, 0.3) is 10.9 Å². The van der Waals surface area contributed by atoms with E-state index in [0.717, 1.165) is 22.2 Å². The highest BCUT2D eigenvalue weighted by atomic mass is 35.5. The first-order valence-electron chi connectivity index (χ1n) is 7.27. The van der Waals surface area contributed by atoms with Crippen LogP contribution >= 0.6 is 11.6 Å². The van der Waals surface area contributed by atoms with Crippen molar-refractivity contribution in [2.24, 2.45) is 0 Å². The van der Waals surface area contributed by atoms with Gasteiger partial charge in [0.05, 0.1) is 12.8 Å². The number of benzene rings is 2. The van der Waals surface area contributed by atoms with E-state index in [4.69, 9.17) is 16.3 Å². The zero-order valence-electron chi connectivity index (χ0n) is 12.9. The molecule has 5 heteroatoms. The summed E-state index contributed by atoms with van der Waals surface area (Å²) in [5.41, 5.74) is 3.30. The smallest absolute Gasteiger partial charge is 0.253 e. The minimum absolute atomic E-state index is 0.102. The summed E-state index contributed by atoms with van der Waals surface area (Å²) in [4.78, 5) is 15.1. The number of pyridine rings is 1. The second kappa shape index (κ2) is 6.34. The van der Waals surface area contributed by atoms with Crippen LogP contribution in [0.2, 0.25) is 5.02 Å². The number of aromatic amines is 1. The van der Waals surface area contributed by atoms with Crippen molar-refractivity contribution in [2.45, 2.75) is 13.5 Å². The number of H-pyrrole nitrogens is 1. The van der Waals surface area contributed by atoms with Crippen LogP contribution in [-0.2, 0) is 6.54 Å². The highest BCUT2D eigenvalue weighted by Crippen LogP contribution is 2.28. The Labute approximate surface area is 139 Å². The topological polar surface area (TPSA) is 54.1 Å². The largest absolute Gasteiger partial charge is 0.495 e. The van der Waals surface area contributed by atoms with Gasteiger partial charge in [0, 0.05) is 22.6 Å². The van der Waals surface area contributed by atoms with E-state index >= 15 is 0 Å². The number of anilines is 1. The van der Waals surface area contributed by atoms with Crippen molar-refractivity contribution in [3.8, 4) is 5.75 Å². The van der Waals surface area contributed by atoms with Crippen LogP contribution in [0, 0.1) is 6.92 Å². The lowest BCUT2D eigenvalue weighted by molar-refractivity contribution is 0.416. The molecule has 0 spiro atoms. The zero-order valence-corrected chi connectivity index (χ0v) is 13.7. The van der Waals surface area contributed by atoms with Gasteiger partial charge in [-0.15, -0.1) is 0 Å². The zero-order chi connectivity index (χ0) is 16.4. The number of halogens is 1. The van der Waals surface area contributed by atoms with E-state index in [1.54, 1.807) is 25.3 Å². The molecule has 0 aliphatic carbocycles. The van der Waals surface area contributed by atoms with Crippen LogP contribution in [-0.4, -0.2) is 12.1 Å². The third-order valence-electron chi connectivity index (χ3n) is 3.71. The summed E-state index contributed by atoms with van der Waals surface area (Å²) in [6, 6.07) is 13.2. The lowest BCUT2D eigenvalue weighted by Gasteiger charge is -2.11. The van der Waals surface area contributed by atoms with Gasteiger partial charge in [-0.05, 0) is 48.7 Å². The van der Waals surface area contributed by atoms with Crippen LogP contribution in [0.15, 0.2) is 47.3 Å². The molecule has 0 radical (unpaired) electrons. The Bertz CT molecular complexity index is 919. The van der Waals surface area contributed by atoms with E-state index in [1.165, 1.54) is 0 Å². The average Bonchev–Trinajstić information content (AvgIpc) is 2.53. The summed E-state index contributed by atoms with van der Waals surface area (Å²) in [5, 5.41) is 4.83.